The molecule has 21 heavy (non-hydrogen) atoms. The van der Waals surface area contributed by atoms with E-state index in [0.29, 0.717) is 10.9 Å². The van der Waals surface area contributed by atoms with E-state index in [4.69, 9.17) is 5.73 Å². The number of para-hydroxylation sites is 1. The summed E-state index contributed by atoms with van der Waals surface area (Å²) < 4.78 is 39.0. The maximum atomic E-state index is 13.0. The molecule has 1 aromatic heterocycles. The molecule has 0 amide bonds. The third-order valence-electron chi connectivity index (χ3n) is 3.27. The van der Waals surface area contributed by atoms with Crippen LogP contribution in [0.25, 0.3) is 22.0 Å². The number of alkyl halides is 3. The number of anilines is 1. The standard InChI is InChI=1S/C16H11F3N2/c17-16(18,19)13-8-4-7-11-9-12(15(20)21-14(11)13)10-5-2-1-3-6-10/h1-9H,(H2,20,21). The van der Waals surface area contributed by atoms with Crippen LogP contribution in [-0.4, -0.2) is 4.98 Å². The highest BCUT2D eigenvalue weighted by Crippen LogP contribution is 2.36. The zero-order chi connectivity index (χ0) is 15.0. The van der Waals surface area contributed by atoms with E-state index in [1.165, 1.54) is 6.07 Å². The molecule has 3 rings (SSSR count). The first-order chi connectivity index (χ1) is 9.97. The number of nitrogens with two attached hydrogens (primary N) is 1. The zero-order valence-electron chi connectivity index (χ0n) is 10.9. The fourth-order valence-corrected chi connectivity index (χ4v) is 2.29. The van der Waals surface area contributed by atoms with Crippen LogP contribution in [0.1, 0.15) is 5.56 Å². The van der Waals surface area contributed by atoms with Crippen molar-refractivity contribution in [3.05, 3.63) is 60.2 Å². The molecule has 3 aromatic rings. The highest BCUT2D eigenvalue weighted by Gasteiger charge is 2.33. The maximum absolute atomic E-state index is 13.0. The van der Waals surface area contributed by atoms with Crippen LogP contribution in [0.4, 0.5) is 19.0 Å². The molecule has 1 heterocycles. The molecule has 2 aromatic carbocycles. The topological polar surface area (TPSA) is 38.9 Å². The zero-order valence-corrected chi connectivity index (χ0v) is 10.9. The number of hydrogen-bond acceptors (Lipinski definition) is 2. The molecule has 0 atom stereocenters. The molecular formula is C16H11F3N2. The molecule has 0 radical (unpaired) electrons. The van der Waals surface area contributed by atoms with E-state index in [9.17, 15) is 13.2 Å². The van der Waals surface area contributed by atoms with E-state index in [0.717, 1.165) is 11.6 Å². The Morgan fingerprint density at radius 2 is 1.62 bits per heavy atom. The van der Waals surface area contributed by atoms with Crippen molar-refractivity contribution in [2.24, 2.45) is 0 Å². The molecule has 0 aliphatic rings. The van der Waals surface area contributed by atoms with Crippen LogP contribution < -0.4 is 5.73 Å². The van der Waals surface area contributed by atoms with Gasteiger partial charge in [-0.25, -0.2) is 4.98 Å². The van der Waals surface area contributed by atoms with E-state index in [1.54, 1.807) is 12.1 Å². The maximum Gasteiger partial charge on any atom is 0.418 e. The van der Waals surface area contributed by atoms with Crippen LogP contribution in [-0.2, 0) is 6.18 Å². The minimum Gasteiger partial charge on any atom is -0.383 e. The lowest BCUT2D eigenvalue weighted by molar-refractivity contribution is -0.136. The van der Waals surface area contributed by atoms with Crippen molar-refractivity contribution in [2.75, 3.05) is 5.73 Å². The van der Waals surface area contributed by atoms with Gasteiger partial charge in [-0.05, 0) is 17.7 Å². The van der Waals surface area contributed by atoms with Gasteiger partial charge in [0.1, 0.15) is 5.82 Å². The molecule has 0 bridgehead atoms. The molecule has 0 unspecified atom stereocenters. The average molecular weight is 288 g/mol. The molecule has 106 valence electrons. The Bertz CT molecular complexity index is 796. The van der Waals surface area contributed by atoms with E-state index in [1.807, 2.05) is 30.3 Å². The number of aromatic nitrogens is 1. The van der Waals surface area contributed by atoms with Crippen LogP contribution in [0.3, 0.4) is 0 Å². The van der Waals surface area contributed by atoms with Gasteiger partial charge in [0.25, 0.3) is 0 Å². The number of nitrogens with zero attached hydrogens (tertiary/aromatic N) is 1. The summed E-state index contributed by atoms with van der Waals surface area (Å²) in [6.07, 6.45) is -4.45. The molecular weight excluding hydrogens is 277 g/mol. The van der Waals surface area contributed by atoms with Crippen molar-refractivity contribution in [3.63, 3.8) is 0 Å². The minimum atomic E-state index is -4.45. The van der Waals surface area contributed by atoms with Gasteiger partial charge in [-0.2, -0.15) is 13.2 Å². The second kappa shape index (κ2) is 4.77. The summed E-state index contributed by atoms with van der Waals surface area (Å²) in [5.74, 6) is 0.0883. The van der Waals surface area contributed by atoms with Crippen molar-refractivity contribution in [1.29, 1.82) is 0 Å². The van der Waals surface area contributed by atoms with E-state index in [-0.39, 0.29) is 11.3 Å². The Balaban J connectivity index is 2.27. The number of rotatable bonds is 1. The number of benzene rings is 2. The first-order valence-electron chi connectivity index (χ1n) is 6.28. The molecule has 5 heteroatoms. The van der Waals surface area contributed by atoms with E-state index >= 15 is 0 Å². The first kappa shape index (κ1) is 13.4. The van der Waals surface area contributed by atoms with Gasteiger partial charge in [-0.15, -0.1) is 0 Å². The Morgan fingerprint density at radius 3 is 2.29 bits per heavy atom. The second-order valence-electron chi connectivity index (χ2n) is 4.66. The molecule has 0 saturated heterocycles. The highest BCUT2D eigenvalue weighted by atomic mass is 19.4. The van der Waals surface area contributed by atoms with Crippen LogP contribution in [0.5, 0.6) is 0 Å². The van der Waals surface area contributed by atoms with Crippen LogP contribution in [0.2, 0.25) is 0 Å². The number of halogens is 3. The lowest BCUT2D eigenvalue weighted by Crippen LogP contribution is -2.07. The summed E-state index contributed by atoms with van der Waals surface area (Å²) in [6.45, 7) is 0. The number of fused-ring (bicyclic) bond motifs is 1. The van der Waals surface area contributed by atoms with Crippen LogP contribution in [0, 0.1) is 0 Å². The van der Waals surface area contributed by atoms with Crippen LogP contribution >= 0.6 is 0 Å². The minimum absolute atomic E-state index is 0.0883. The summed E-state index contributed by atoms with van der Waals surface area (Å²) >= 11 is 0. The van der Waals surface area contributed by atoms with Gasteiger partial charge in [0.05, 0.1) is 11.1 Å². The third-order valence-corrected chi connectivity index (χ3v) is 3.27. The Morgan fingerprint density at radius 1 is 0.905 bits per heavy atom. The van der Waals surface area contributed by atoms with E-state index < -0.39 is 11.7 Å². The highest BCUT2D eigenvalue weighted by molar-refractivity contribution is 5.90. The van der Waals surface area contributed by atoms with Crippen molar-refractivity contribution < 1.29 is 13.2 Å². The largest absolute Gasteiger partial charge is 0.418 e. The lowest BCUT2D eigenvalue weighted by Gasteiger charge is -2.12. The van der Waals surface area contributed by atoms with Gasteiger partial charge < -0.3 is 5.73 Å². The summed E-state index contributed by atoms with van der Waals surface area (Å²) in [6, 6.07) is 14.8. The normalized spacial score (nSPS) is 11.8. The van der Waals surface area contributed by atoms with Crippen molar-refractivity contribution in [1.82, 2.24) is 4.98 Å². The summed E-state index contributed by atoms with van der Waals surface area (Å²) in [4.78, 5) is 3.98. The van der Waals surface area contributed by atoms with Gasteiger partial charge in [0.15, 0.2) is 0 Å². The van der Waals surface area contributed by atoms with Gasteiger partial charge >= 0.3 is 6.18 Å². The first-order valence-corrected chi connectivity index (χ1v) is 6.28. The smallest absolute Gasteiger partial charge is 0.383 e. The number of nitrogen functional groups attached to an aromatic ring is 1. The molecule has 0 fully saturated rings. The third kappa shape index (κ3) is 2.42. The molecule has 0 spiro atoms. The van der Waals surface area contributed by atoms with Gasteiger partial charge in [0, 0.05) is 10.9 Å². The van der Waals surface area contributed by atoms with Gasteiger partial charge in [0.2, 0.25) is 0 Å². The molecule has 2 N–H and O–H groups in total. The Kier molecular flexibility index (Phi) is 3.05. The predicted octanol–water partition coefficient (Wildman–Crippen LogP) is 4.50. The van der Waals surface area contributed by atoms with Crippen molar-refractivity contribution in [3.8, 4) is 11.1 Å². The monoisotopic (exact) mass is 288 g/mol. The van der Waals surface area contributed by atoms with Crippen LogP contribution in [0.15, 0.2) is 54.6 Å². The van der Waals surface area contributed by atoms with E-state index in [2.05, 4.69) is 4.98 Å². The number of hydrogen-bond donors (Lipinski definition) is 1. The fraction of sp³-hybridized carbons (Fsp3) is 0.0625. The Hall–Kier alpha value is -2.56. The Labute approximate surface area is 119 Å². The molecule has 2 nitrogen and oxygen atoms in total. The summed E-state index contributed by atoms with van der Waals surface area (Å²) in [5, 5.41) is 0.415. The van der Waals surface area contributed by atoms with Gasteiger partial charge in [-0.3, -0.25) is 0 Å². The summed E-state index contributed by atoms with van der Waals surface area (Å²) in [5.41, 5.74) is 6.41. The quantitative estimate of drug-likeness (QED) is 0.716. The second-order valence-corrected chi connectivity index (χ2v) is 4.66. The fourth-order valence-electron chi connectivity index (χ4n) is 2.29. The summed E-state index contributed by atoms with van der Waals surface area (Å²) in [7, 11) is 0. The van der Waals surface area contributed by atoms with Gasteiger partial charge in [-0.1, -0.05) is 42.5 Å². The molecule has 0 aliphatic heterocycles. The van der Waals surface area contributed by atoms with Crippen molar-refractivity contribution in [2.45, 2.75) is 6.18 Å². The molecule has 0 aliphatic carbocycles. The SMILES string of the molecule is Nc1nc2c(C(F)(F)F)cccc2cc1-c1ccccc1. The molecule has 0 saturated carbocycles. The predicted molar refractivity (Wildman–Crippen MR) is 76.6 cm³/mol. The lowest BCUT2D eigenvalue weighted by atomic mass is 10.0. The average Bonchev–Trinajstić information content (AvgIpc) is 2.46. The number of pyridine rings is 1. The van der Waals surface area contributed by atoms with Crippen molar-refractivity contribution >= 4 is 16.7 Å².